The van der Waals surface area contributed by atoms with E-state index in [1.807, 2.05) is 66.9 Å². The van der Waals surface area contributed by atoms with Crippen molar-refractivity contribution in [3.8, 4) is 11.1 Å². The largest absolute Gasteiger partial charge is 0.260 e. The summed E-state index contributed by atoms with van der Waals surface area (Å²) in [5, 5.41) is 0. The molecule has 2 aromatic carbocycles. The highest BCUT2D eigenvalue weighted by molar-refractivity contribution is 7.82. The summed E-state index contributed by atoms with van der Waals surface area (Å²) >= 11 is 0. The Bertz CT molecular complexity index is 758. The minimum Gasteiger partial charge on any atom is -0.260 e. The van der Waals surface area contributed by atoms with Crippen LogP contribution in [-0.2, 0) is 23.3 Å². The third-order valence-electron chi connectivity index (χ3n) is 3.49. The number of hydrogen-bond acceptors (Lipinski definition) is 2. The molecule has 1 N–H and O–H groups in total. The number of benzene rings is 2. The summed E-state index contributed by atoms with van der Waals surface area (Å²) in [6.07, 6.45) is 1.83. The van der Waals surface area contributed by atoms with E-state index in [2.05, 4.69) is 21.8 Å². The first-order valence-electron chi connectivity index (χ1n) is 7.47. The Kier molecular flexibility index (Phi) is 5.29. The Hall–Kier alpha value is -2.30. The van der Waals surface area contributed by atoms with E-state index in [1.54, 1.807) is 0 Å². The third kappa shape index (κ3) is 4.58. The molecule has 1 aromatic heterocycles. The molecule has 1 atom stereocenters. The van der Waals surface area contributed by atoms with E-state index in [1.165, 1.54) is 0 Å². The molecular weight excluding hydrogens is 304 g/mol. The molecule has 0 saturated heterocycles. The predicted molar refractivity (Wildman–Crippen MR) is 94.8 cm³/mol. The van der Waals surface area contributed by atoms with Gasteiger partial charge in [-0.2, -0.15) is 0 Å². The minimum absolute atomic E-state index is 0.405. The Morgan fingerprint density at radius 2 is 1.52 bits per heavy atom. The summed E-state index contributed by atoms with van der Waals surface area (Å²) in [5.41, 5.74) is 4.14. The van der Waals surface area contributed by atoms with Gasteiger partial charge in [-0.15, -0.1) is 0 Å². The maximum Gasteiger partial charge on any atom is 0.0979 e. The van der Waals surface area contributed by atoms with Gasteiger partial charge in [-0.05, 0) is 17.2 Å². The van der Waals surface area contributed by atoms with Gasteiger partial charge in [0.15, 0.2) is 0 Å². The Morgan fingerprint density at radius 1 is 0.826 bits per heavy atom. The molecule has 4 heteroatoms. The quantitative estimate of drug-likeness (QED) is 0.752. The zero-order valence-corrected chi connectivity index (χ0v) is 13.5. The van der Waals surface area contributed by atoms with Crippen LogP contribution in [0.2, 0.25) is 0 Å². The van der Waals surface area contributed by atoms with Gasteiger partial charge in [-0.25, -0.2) is 8.93 Å². The molecule has 1 heterocycles. The second-order valence-electron chi connectivity index (χ2n) is 5.20. The van der Waals surface area contributed by atoms with Crippen molar-refractivity contribution in [2.24, 2.45) is 0 Å². The zero-order chi connectivity index (χ0) is 15.9. The van der Waals surface area contributed by atoms with Crippen LogP contribution < -0.4 is 4.72 Å². The summed E-state index contributed by atoms with van der Waals surface area (Å²) < 4.78 is 15.1. The Labute approximate surface area is 139 Å². The summed E-state index contributed by atoms with van der Waals surface area (Å²) in [5.74, 6) is 0.405. The number of hydrogen-bond donors (Lipinski definition) is 1. The highest BCUT2D eigenvalue weighted by Crippen LogP contribution is 2.17. The summed E-state index contributed by atoms with van der Waals surface area (Å²) in [6, 6.07) is 24.0. The summed E-state index contributed by atoms with van der Waals surface area (Å²) in [7, 11) is -1.14. The van der Waals surface area contributed by atoms with Crippen molar-refractivity contribution in [2.45, 2.75) is 12.3 Å². The predicted octanol–water partition coefficient (Wildman–Crippen LogP) is 3.70. The van der Waals surface area contributed by atoms with E-state index in [-0.39, 0.29) is 0 Å². The molecule has 0 amide bonds. The van der Waals surface area contributed by atoms with Crippen molar-refractivity contribution in [2.75, 3.05) is 0 Å². The lowest BCUT2D eigenvalue weighted by Gasteiger charge is -2.06. The zero-order valence-electron chi connectivity index (χ0n) is 12.7. The van der Waals surface area contributed by atoms with Gasteiger partial charge in [0.1, 0.15) is 0 Å². The van der Waals surface area contributed by atoms with Gasteiger partial charge < -0.3 is 0 Å². The van der Waals surface area contributed by atoms with Gasteiger partial charge in [-0.3, -0.25) is 4.98 Å². The molecule has 0 fully saturated rings. The molecule has 0 spiro atoms. The van der Waals surface area contributed by atoms with Crippen LogP contribution in [0.5, 0.6) is 0 Å². The van der Waals surface area contributed by atoms with E-state index in [4.69, 9.17) is 0 Å². The molecular formula is C19H18N2OS. The van der Waals surface area contributed by atoms with Gasteiger partial charge >= 0.3 is 0 Å². The molecule has 1 unspecified atom stereocenters. The number of nitrogens with one attached hydrogen (secondary N) is 1. The van der Waals surface area contributed by atoms with E-state index >= 15 is 0 Å². The fourth-order valence-electron chi connectivity index (χ4n) is 2.26. The average Bonchev–Trinajstić information content (AvgIpc) is 2.62. The van der Waals surface area contributed by atoms with E-state index < -0.39 is 11.0 Å². The van der Waals surface area contributed by atoms with Crippen LogP contribution in [0.1, 0.15) is 11.3 Å². The Morgan fingerprint density at radius 3 is 2.17 bits per heavy atom. The molecule has 3 nitrogen and oxygen atoms in total. The number of nitrogens with zero attached hydrogens (tertiary/aromatic N) is 1. The highest BCUT2D eigenvalue weighted by atomic mass is 32.2. The number of aromatic nitrogens is 1. The molecule has 0 saturated carbocycles. The maximum absolute atomic E-state index is 12.1. The lowest BCUT2D eigenvalue weighted by molar-refractivity contribution is 0.670. The van der Waals surface area contributed by atoms with Crippen molar-refractivity contribution in [1.82, 2.24) is 9.71 Å². The SMILES string of the molecule is O=S(Cc1ccc(-c2ccccc2)cn1)NCc1ccccc1. The highest BCUT2D eigenvalue weighted by Gasteiger charge is 2.04. The van der Waals surface area contributed by atoms with Crippen molar-refractivity contribution in [3.05, 3.63) is 90.3 Å². The van der Waals surface area contributed by atoms with Crippen molar-refractivity contribution < 1.29 is 4.21 Å². The van der Waals surface area contributed by atoms with Crippen molar-refractivity contribution in [3.63, 3.8) is 0 Å². The van der Waals surface area contributed by atoms with Crippen LogP contribution in [0.15, 0.2) is 79.0 Å². The Balaban J connectivity index is 1.57. The second kappa shape index (κ2) is 7.81. The van der Waals surface area contributed by atoms with E-state index in [0.717, 1.165) is 22.4 Å². The molecule has 0 aliphatic rings. The van der Waals surface area contributed by atoms with Gasteiger partial charge in [-0.1, -0.05) is 66.7 Å². The molecule has 0 aliphatic carbocycles. The summed E-state index contributed by atoms with van der Waals surface area (Å²) in [4.78, 5) is 4.42. The van der Waals surface area contributed by atoms with Crippen LogP contribution in [-0.4, -0.2) is 9.19 Å². The van der Waals surface area contributed by atoms with Gasteiger partial charge in [0.2, 0.25) is 0 Å². The third-order valence-corrected chi connectivity index (χ3v) is 4.52. The van der Waals surface area contributed by atoms with E-state index in [0.29, 0.717) is 12.3 Å². The molecule has 23 heavy (non-hydrogen) atoms. The minimum atomic E-state index is -1.14. The molecule has 0 aliphatic heterocycles. The number of pyridine rings is 1. The first-order valence-corrected chi connectivity index (χ1v) is 8.79. The topological polar surface area (TPSA) is 42.0 Å². The first-order chi connectivity index (χ1) is 11.3. The molecule has 3 aromatic rings. The molecule has 116 valence electrons. The monoisotopic (exact) mass is 322 g/mol. The van der Waals surface area contributed by atoms with Crippen molar-refractivity contribution >= 4 is 11.0 Å². The van der Waals surface area contributed by atoms with Crippen LogP contribution in [0.4, 0.5) is 0 Å². The van der Waals surface area contributed by atoms with Crippen molar-refractivity contribution in [1.29, 1.82) is 0 Å². The van der Waals surface area contributed by atoms with Crippen LogP contribution in [0, 0.1) is 0 Å². The fraction of sp³-hybridized carbons (Fsp3) is 0.105. The first kappa shape index (κ1) is 15.6. The van der Waals surface area contributed by atoms with Gasteiger partial charge in [0, 0.05) is 18.3 Å². The molecule has 0 bridgehead atoms. The van der Waals surface area contributed by atoms with E-state index in [9.17, 15) is 4.21 Å². The molecule has 0 radical (unpaired) electrons. The lowest BCUT2D eigenvalue weighted by Crippen LogP contribution is -2.18. The summed E-state index contributed by atoms with van der Waals surface area (Å²) in [6.45, 7) is 0.593. The number of rotatable bonds is 6. The normalized spacial score (nSPS) is 12.0. The molecule has 3 rings (SSSR count). The van der Waals surface area contributed by atoms with Gasteiger partial charge in [0.05, 0.1) is 22.4 Å². The van der Waals surface area contributed by atoms with Crippen LogP contribution >= 0.6 is 0 Å². The van der Waals surface area contributed by atoms with Gasteiger partial charge in [0.25, 0.3) is 0 Å². The van der Waals surface area contributed by atoms with Crippen LogP contribution in [0.3, 0.4) is 0 Å². The van der Waals surface area contributed by atoms with Crippen LogP contribution in [0.25, 0.3) is 11.1 Å². The fourth-order valence-corrected chi connectivity index (χ4v) is 3.13. The smallest absolute Gasteiger partial charge is 0.0979 e. The lowest BCUT2D eigenvalue weighted by atomic mass is 10.1. The maximum atomic E-state index is 12.1. The second-order valence-corrected chi connectivity index (χ2v) is 6.47. The average molecular weight is 322 g/mol. The standard InChI is InChI=1S/C19H18N2OS/c22-23(21-13-16-7-3-1-4-8-16)15-19-12-11-18(14-20-19)17-9-5-2-6-10-17/h1-12,14,21H,13,15H2.